The van der Waals surface area contributed by atoms with Gasteiger partial charge in [0.05, 0.1) is 0 Å². The molecule has 17 heavy (non-hydrogen) atoms. The highest BCUT2D eigenvalue weighted by molar-refractivity contribution is 5.83. The van der Waals surface area contributed by atoms with Crippen molar-refractivity contribution in [1.29, 1.82) is 0 Å². The van der Waals surface area contributed by atoms with Crippen LogP contribution in [-0.4, -0.2) is 16.7 Å². The maximum absolute atomic E-state index is 11.5. The van der Waals surface area contributed by atoms with Crippen molar-refractivity contribution in [2.75, 3.05) is 5.32 Å². The quantitative estimate of drug-likeness (QED) is 0.852. The average Bonchev–Trinajstić information content (AvgIpc) is 2.18. The van der Waals surface area contributed by atoms with Gasteiger partial charge in [-0.3, -0.25) is 5.32 Å². The Morgan fingerprint density at radius 1 is 1.41 bits per heavy atom. The molecule has 0 spiro atoms. The summed E-state index contributed by atoms with van der Waals surface area (Å²) < 4.78 is 5.12. The second-order valence-electron chi connectivity index (χ2n) is 4.60. The van der Waals surface area contributed by atoms with Crippen LogP contribution in [0.4, 0.5) is 10.6 Å². The van der Waals surface area contributed by atoms with Gasteiger partial charge >= 0.3 is 6.09 Å². The summed E-state index contributed by atoms with van der Waals surface area (Å²) in [6.07, 6.45) is 5.05. The third-order valence-corrected chi connectivity index (χ3v) is 1.77. The molecule has 0 aliphatic heterocycles. The van der Waals surface area contributed by atoms with Crippen molar-refractivity contribution in [1.82, 2.24) is 4.98 Å². The molecular weight excluding hydrogens is 216 g/mol. The largest absolute Gasteiger partial charge is 0.444 e. The van der Waals surface area contributed by atoms with Crippen molar-refractivity contribution in [2.24, 2.45) is 0 Å². The third-order valence-electron chi connectivity index (χ3n) is 1.77. The van der Waals surface area contributed by atoms with Crippen molar-refractivity contribution in [2.45, 2.75) is 33.3 Å². The van der Waals surface area contributed by atoms with Crippen LogP contribution in [0.2, 0.25) is 0 Å². The molecule has 4 nitrogen and oxygen atoms in total. The van der Waals surface area contributed by atoms with Gasteiger partial charge < -0.3 is 4.74 Å². The van der Waals surface area contributed by atoms with Crippen LogP contribution in [0.3, 0.4) is 0 Å². The predicted molar refractivity (Wildman–Crippen MR) is 68.8 cm³/mol. The average molecular weight is 234 g/mol. The number of rotatable bonds is 2. The first-order chi connectivity index (χ1) is 7.90. The third kappa shape index (κ3) is 5.15. The molecule has 1 N–H and O–H groups in total. The smallest absolute Gasteiger partial charge is 0.413 e. The number of nitrogens with zero attached hydrogens (tertiary/aromatic N) is 1. The van der Waals surface area contributed by atoms with E-state index >= 15 is 0 Å². The molecule has 0 unspecified atom stereocenters. The van der Waals surface area contributed by atoms with Gasteiger partial charge in [0.1, 0.15) is 11.4 Å². The summed E-state index contributed by atoms with van der Waals surface area (Å²) >= 11 is 0. The van der Waals surface area contributed by atoms with Crippen LogP contribution >= 0.6 is 0 Å². The second-order valence-corrected chi connectivity index (χ2v) is 4.60. The van der Waals surface area contributed by atoms with Crippen molar-refractivity contribution >= 4 is 18.0 Å². The molecule has 0 aliphatic rings. The molecule has 1 aromatic heterocycles. The molecule has 0 atom stereocenters. The fourth-order valence-electron chi connectivity index (χ4n) is 1.18. The van der Waals surface area contributed by atoms with Crippen LogP contribution < -0.4 is 5.32 Å². The van der Waals surface area contributed by atoms with E-state index in [1.165, 1.54) is 0 Å². The summed E-state index contributed by atoms with van der Waals surface area (Å²) in [4.78, 5) is 15.6. The van der Waals surface area contributed by atoms with Crippen LogP contribution in [0.25, 0.3) is 6.08 Å². The molecular formula is C13H18N2O2. The van der Waals surface area contributed by atoms with E-state index in [1.807, 2.05) is 45.9 Å². The van der Waals surface area contributed by atoms with E-state index in [2.05, 4.69) is 10.3 Å². The molecule has 1 aromatic rings. The van der Waals surface area contributed by atoms with E-state index in [4.69, 9.17) is 4.74 Å². The topological polar surface area (TPSA) is 51.2 Å². The predicted octanol–water partition coefficient (Wildman–Crippen LogP) is 3.46. The standard InChI is InChI=1S/C13H18N2O2/c1-5-6-10-7-8-11(14-9-10)15-12(16)17-13(2,3)4/h5-9H,1-4H3,(H,14,15,16)/b6-5-. The Kier molecular flexibility index (Phi) is 4.26. The number of hydrogen-bond acceptors (Lipinski definition) is 3. The monoisotopic (exact) mass is 234 g/mol. The molecule has 0 saturated heterocycles. The molecule has 0 aromatic carbocycles. The summed E-state index contributed by atoms with van der Waals surface area (Å²) in [6.45, 7) is 7.38. The lowest BCUT2D eigenvalue weighted by atomic mass is 10.2. The molecule has 1 heterocycles. The van der Waals surface area contributed by atoms with E-state index in [-0.39, 0.29) is 0 Å². The van der Waals surface area contributed by atoms with Gasteiger partial charge in [-0.15, -0.1) is 0 Å². The van der Waals surface area contributed by atoms with Crippen LogP contribution in [0.5, 0.6) is 0 Å². The fraction of sp³-hybridized carbons (Fsp3) is 0.385. The van der Waals surface area contributed by atoms with Gasteiger partial charge in [0, 0.05) is 6.20 Å². The van der Waals surface area contributed by atoms with Gasteiger partial charge in [-0.25, -0.2) is 9.78 Å². The number of pyridine rings is 1. The van der Waals surface area contributed by atoms with Gasteiger partial charge in [-0.05, 0) is 45.4 Å². The van der Waals surface area contributed by atoms with Crippen molar-refractivity contribution < 1.29 is 9.53 Å². The Bertz CT molecular complexity index is 402. The van der Waals surface area contributed by atoms with E-state index in [9.17, 15) is 4.79 Å². The normalized spacial score (nSPS) is 11.5. The molecule has 0 aliphatic carbocycles. The molecule has 1 amide bonds. The lowest BCUT2D eigenvalue weighted by Gasteiger charge is -2.19. The summed E-state index contributed by atoms with van der Waals surface area (Å²) in [5.41, 5.74) is 0.483. The zero-order chi connectivity index (χ0) is 12.9. The minimum Gasteiger partial charge on any atom is -0.444 e. The van der Waals surface area contributed by atoms with Crippen LogP contribution in [-0.2, 0) is 4.74 Å². The van der Waals surface area contributed by atoms with Gasteiger partial charge in [0.15, 0.2) is 0 Å². The molecule has 0 bridgehead atoms. The Morgan fingerprint density at radius 3 is 2.59 bits per heavy atom. The van der Waals surface area contributed by atoms with Crippen molar-refractivity contribution in [3.63, 3.8) is 0 Å². The molecule has 4 heteroatoms. The first-order valence-electron chi connectivity index (χ1n) is 5.49. The SMILES string of the molecule is C/C=C\c1ccc(NC(=O)OC(C)(C)C)nc1. The number of carbonyl (C=O) groups is 1. The minimum atomic E-state index is -0.505. The second kappa shape index (κ2) is 5.48. The minimum absolute atomic E-state index is 0.479. The maximum Gasteiger partial charge on any atom is 0.413 e. The summed E-state index contributed by atoms with van der Waals surface area (Å²) in [6, 6.07) is 3.61. The van der Waals surface area contributed by atoms with Crippen LogP contribution in [0.1, 0.15) is 33.3 Å². The maximum atomic E-state index is 11.5. The highest BCUT2D eigenvalue weighted by atomic mass is 16.6. The highest BCUT2D eigenvalue weighted by Crippen LogP contribution is 2.10. The van der Waals surface area contributed by atoms with Gasteiger partial charge in [-0.2, -0.15) is 0 Å². The molecule has 1 rings (SSSR count). The zero-order valence-electron chi connectivity index (χ0n) is 10.7. The van der Waals surface area contributed by atoms with Crippen LogP contribution in [0, 0.1) is 0 Å². The van der Waals surface area contributed by atoms with E-state index in [1.54, 1.807) is 12.3 Å². The molecule has 0 saturated carbocycles. The lowest BCUT2D eigenvalue weighted by molar-refractivity contribution is 0.0635. The molecule has 0 fully saturated rings. The van der Waals surface area contributed by atoms with E-state index in [0.29, 0.717) is 5.82 Å². The van der Waals surface area contributed by atoms with Gasteiger partial charge in [0.25, 0.3) is 0 Å². The zero-order valence-corrected chi connectivity index (χ0v) is 10.7. The van der Waals surface area contributed by atoms with Gasteiger partial charge in [-0.1, -0.05) is 12.2 Å². The Balaban J connectivity index is 2.60. The van der Waals surface area contributed by atoms with E-state index in [0.717, 1.165) is 5.56 Å². The first-order valence-corrected chi connectivity index (χ1v) is 5.49. The summed E-state index contributed by atoms with van der Waals surface area (Å²) in [5.74, 6) is 0.479. The number of allylic oxidation sites excluding steroid dienone is 1. The first kappa shape index (κ1) is 13.2. The Morgan fingerprint density at radius 2 is 2.12 bits per heavy atom. The van der Waals surface area contributed by atoms with Crippen LogP contribution in [0.15, 0.2) is 24.4 Å². The Labute approximate surface area is 102 Å². The number of nitrogens with one attached hydrogen (secondary N) is 1. The number of ether oxygens (including phenoxy) is 1. The van der Waals surface area contributed by atoms with Gasteiger partial charge in [0.2, 0.25) is 0 Å². The summed E-state index contributed by atoms with van der Waals surface area (Å²) in [5, 5.41) is 2.57. The number of carbonyl (C=O) groups excluding carboxylic acids is 1. The molecule has 92 valence electrons. The highest BCUT2D eigenvalue weighted by Gasteiger charge is 2.16. The lowest BCUT2D eigenvalue weighted by Crippen LogP contribution is -2.27. The number of amides is 1. The fourth-order valence-corrected chi connectivity index (χ4v) is 1.18. The van der Waals surface area contributed by atoms with E-state index < -0.39 is 11.7 Å². The van der Waals surface area contributed by atoms with Crippen molar-refractivity contribution in [3.8, 4) is 0 Å². The number of aromatic nitrogens is 1. The Hall–Kier alpha value is -1.84. The molecule has 0 radical (unpaired) electrons. The van der Waals surface area contributed by atoms with Crippen molar-refractivity contribution in [3.05, 3.63) is 30.0 Å². The number of anilines is 1. The number of hydrogen-bond donors (Lipinski definition) is 1. The summed E-state index contributed by atoms with van der Waals surface area (Å²) in [7, 11) is 0.